The van der Waals surface area contributed by atoms with E-state index in [9.17, 15) is 9.59 Å². The molecule has 2 amide bonds. The smallest absolute Gasteiger partial charge is 0.257 e. The number of aryl methyl sites for hydroxylation is 2. The van der Waals surface area contributed by atoms with Crippen LogP contribution in [-0.4, -0.2) is 16.8 Å². The Morgan fingerprint density at radius 2 is 1.78 bits per heavy atom. The Morgan fingerprint density at radius 1 is 1.03 bits per heavy atom. The third-order valence-corrected chi connectivity index (χ3v) is 7.16. The zero-order chi connectivity index (χ0) is 22.2. The summed E-state index contributed by atoms with van der Waals surface area (Å²) < 4.78 is 0. The van der Waals surface area contributed by atoms with Crippen LogP contribution in [0.1, 0.15) is 49.6 Å². The first-order valence-electron chi connectivity index (χ1n) is 10.7. The quantitative estimate of drug-likeness (QED) is 0.438. The van der Waals surface area contributed by atoms with Gasteiger partial charge in [0.05, 0.1) is 22.3 Å². The van der Waals surface area contributed by atoms with E-state index in [1.807, 2.05) is 61.5 Å². The van der Waals surface area contributed by atoms with Crippen molar-refractivity contribution in [3.05, 3.63) is 81.7 Å². The minimum atomic E-state index is -0.486. The maximum Gasteiger partial charge on any atom is 0.257 e. The van der Waals surface area contributed by atoms with E-state index in [0.717, 1.165) is 63.8 Å². The zero-order valence-corrected chi connectivity index (χ0v) is 18.6. The van der Waals surface area contributed by atoms with Gasteiger partial charge < -0.3 is 11.1 Å². The van der Waals surface area contributed by atoms with Crippen LogP contribution in [0.2, 0.25) is 0 Å². The third-order valence-electron chi connectivity index (χ3n) is 5.95. The summed E-state index contributed by atoms with van der Waals surface area (Å²) in [6, 6.07) is 17.5. The molecule has 0 atom stereocenters. The molecule has 0 spiro atoms. The van der Waals surface area contributed by atoms with Gasteiger partial charge in [-0.25, -0.2) is 4.98 Å². The number of fused-ring (bicyclic) bond motifs is 2. The first-order chi connectivity index (χ1) is 15.5. The molecule has 1 aliphatic carbocycles. The monoisotopic (exact) mass is 441 g/mol. The predicted molar refractivity (Wildman–Crippen MR) is 129 cm³/mol. The van der Waals surface area contributed by atoms with Crippen LogP contribution < -0.4 is 11.1 Å². The number of anilines is 1. The van der Waals surface area contributed by atoms with Gasteiger partial charge in [-0.2, -0.15) is 0 Å². The molecule has 0 saturated carbocycles. The highest BCUT2D eigenvalue weighted by Gasteiger charge is 2.25. The number of hydrogen-bond acceptors (Lipinski definition) is 4. The number of carbonyl (C=O) groups is 2. The van der Waals surface area contributed by atoms with Crippen LogP contribution in [0.4, 0.5) is 5.00 Å². The van der Waals surface area contributed by atoms with Gasteiger partial charge in [0.15, 0.2) is 0 Å². The molecule has 32 heavy (non-hydrogen) atoms. The number of para-hydroxylation sites is 1. The molecule has 0 aliphatic heterocycles. The van der Waals surface area contributed by atoms with E-state index in [0.29, 0.717) is 16.1 Å². The Morgan fingerprint density at radius 3 is 2.56 bits per heavy atom. The van der Waals surface area contributed by atoms with E-state index < -0.39 is 5.91 Å². The minimum Gasteiger partial charge on any atom is -0.365 e. The van der Waals surface area contributed by atoms with Crippen molar-refractivity contribution in [2.45, 2.75) is 32.6 Å². The lowest BCUT2D eigenvalue weighted by atomic mass is 9.95. The van der Waals surface area contributed by atoms with Crippen molar-refractivity contribution >= 4 is 39.1 Å². The summed E-state index contributed by atoms with van der Waals surface area (Å²) in [5.41, 5.74) is 11.3. The van der Waals surface area contributed by atoms with Crippen molar-refractivity contribution in [2.75, 3.05) is 5.32 Å². The summed E-state index contributed by atoms with van der Waals surface area (Å²) in [6.07, 6.45) is 3.88. The number of pyridine rings is 1. The van der Waals surface area contributed by atoms with E-state index in [1.54, 1.807) is 0 Å². The van der Waals surface area contributed by atoms with Crippen LogP contribution in [0.25, 0.3) is 22.2 Å². The van der Waals surface area contributed by atoms with Crippen molar-refractivity contribution in [3.8, 4) is 11.3 Å². The van der Waals surface area contributed by atoms with Crippen LogP contribution in [0.3, 0.4) is 0 Å². The zero-order valence-electron chi connectivity index (χ0n) is 17.8. The number of thiophene rings is 1. The second-order valence-corrected chi connectivity index (χ2v) is 9.28. The van der Waals surface area contributed by atoms with Crippen molar-refractivity contribution in [2.24, 2.45) is 5.73 Å². The maximum absolute atomic E-state index is 13.5. The number of rotatable bonds is 4. The van der Waals surface area contributed by atoms with Gasteiger partial charge >= 0.3 is 0 Å². The second-order valence-electron chi connectivity index (χ2n) is 8.17. The average Bonchev–Trinajstić information content (AvgIpc) is 3.16. The van der Waals surface area contributed by atoms with Gasteiger partial charge in [-0.15, -0.1) is 11.3 Å². The molecular formula is C26H23N3O2S. The number of nitrogens with one attached hydrogen (secondary N) is 1. The van der Waals surface area contributed by atoms with Gasteiger partial charge in [-0.05, 0) is 50.3 Å². The largest absolute Gasteiger partial charge is 0.365 e. The molecule has 0 fully saturated rings. The van der Waals surface area contributed by atoms with Gasteiger partial charge in [-0.1, -0.05) is 48.0 Å². The number of aromatic nitrogens is 1. The van der Waals surface area contributed by atoms with Gasteiger partial charge in [-0.3, -0.25) is 9.59 Å². The Bertz CT molecular complexity index is 1360. The standard InChI is InChI=1S/C26H23N3O2S/c1-15-10-12-16(13-11-15)21-14-19(17-6-2-4-8-20(17)28-21)25(31)29-26-23(24(27)30)18-7-3-5-9-22(18)32-26/h2,4,6,8,10-14H,3,5,7,9H2,1H3,(H2,27,30)(H,29,31). The van der Waals surface area contributed by atoms with Gasteiger partial charge in [0.25, 0.3) is 11.8 Å². The predicted octanol–water partition coefficient (Wildman–Crippen LogP) is 5.50. The first-order valence-corrected chi connectivity index (χ1v) is 11.6. The van der Waals surface area contributed by atoms with E-state index in [1.165, 1.54) is 11.3 Å². The van der Waals surface area contributed by atoms with Gasteiger partial charge in [0, 0.05) is 15.8 Å². The molecule has 0 radical (unpaired) electrons. The molecule has 0 unspecified atom stereocenters. The highest BCUT2D eigenvalue weighted by molar-refractivity contribution is 7.17. The SMILES string of the molecule is Cc1ccc(-c2cc(C(=O)Nc3sc4c(c3C(N)=O)CCCC4)c3ccccc3n2)cc1. The Labute approximate surface area is 190 Å². The third kappa shape index (κ3) is 3.67. The van der Waals surface area contributed by atoms with Crippen LogP contribution >= 0.6 is 11.3 Å². The summed E-state index contributed by atoms with van der Waals surface area (Å²) in [6.45, 7) is 2.04. The Kier molecular flexibility index (Phi) is 5.23. The molecule has 2 aromatic heterocycles. The highest BCUT2D eigenvalue weighted by atomic mass is 32.1. The van der Waals surface area contributed by atoms with Crippen LogP contribution in [0, 0.1) is 6.92 Å². The lowest BCUT2D eigenvalue weighted by Gasteiger charge is -2.12. The Hall–Kier alpha value is -3.51. The number of nitrogens with two attached hydrogens (primary N) is 1. The van der Waals surface area contributed by atoms with E-state index in [4.69, 9.17) is 10.7 Å². The minimum absolute atomic E-state index is 0.266. The molecular weight excluding hydrogens is 418 g/mol. The van der Waals surface area contributed by atoms with Crippen LogP contribution in [0.5, 0.6) is 0 Å². The molecule has 2 aromatic carbocycles. The molecule has 5 nitrogen and oxygen atoms in total. The summed E-state index contributed by atoms with van der Waals surface area (Å²) in [4.78, 5) is 31.6. The average molecular weight is 442 g/mol. The molecule has 0 saturated heterocycles. The van der Waals surface area contributed by atoms with Crippen molar-refractivity contribution < 1.29 is 9.59 Å². The number of benzene rings is 2. The fourth-order valence-corrected chi connectivity index (χ4v) is 5.61. The maximum atomic E-state index is 13.5. The molecule has 0 bridgehead atoms. The summed E-state index contributed by atoms with van der Waals surface area (Å²) >= 11 is 1.47. The number of carbonyl (C=O) groups excluding carboxylic acids is 2. The first kappa shape index (κ1) is 20.4. The summed E-state index contributed by atoms with van der Waals surface area (Å²) in [5, 5.41) is 4.31. The summed E-state index contributed by atoms with van der Waals surface area (Å²) in [7, 11) is 0. The number of hydrogen-bond donors (Lipinski definition) is 2. The van der Waals surface area contributed by atoms with Gasteiger partial charge in [0.2, 0.25) is 0 Å². The number of primary amides is 1. The molecule has 3 N–H and O–H groups in total. The molecule has 160 valence electrons. The molecule has 5 rings (SSSR count). The summed E-state index contributed by atoms with van der Waals surface area (Å²) in [5.74, 6) is -0.752. The van der Waals surface area contributed by atoms with Crippen molar-refractivity contribution in [1.82, 2.24) is 4.98 Å². The second kappa shape index (κ2) is 8.20. The van der Waals surface area contributed by atoms with E-state index >= 15 is 0 Å². The number of nitrogens with zero attached hydrogens (tertiary/aromatic N) is 1. The Balaban J connectivity index is 1.59. The lowest BCUT2D eigenvalue weighted by Crippen LogP contribution is -2.19. The molecule has 6 heteroatoms. The van der Waals surface area contributed by atoms with E-state index in [2.05, 4.69) is 5.32 Å². The molecule has 4 aromatic rings. The van der Waals surface area contributed by atoms with Crippen molar-refractivity contribution in [1.29, 1.82) is 0 Å². The fraction of sp³-hybridized carbons (Fsp3) is 0.192. The lowest BCUT2D eigenvalue weighted by molar-refractivity contribution is 0.100. The number of amides is 2. The molecule has 1 aliphatic rings. The fourth-order valence-electron chi connectivity index (χ4n) is 4.32. The normalized spacial score (nSPS) is 13.0. The topological polar surface area (TPSA) is 85.1 Å². The van der Waals surface area contributed by atoms with Crippen LogP contribution in [0.15, 0.2) is 54.6 Å². The van der Waals surface area contributed by atoms with Gasteiger partial charge in [0.1, 0.15) is 5.00 Å². The van der Waals surface area contributed by atoms with Crippen molar-refractivity contribution in [3.63, 3.8) is 0 Å². The van der Waals surface area contributed by atoms with Crippen LogP contribution in [-0.2, 0) is 12.8 Å². The molecule has 2 heterocycles. The highest BCUT2D eigenvalue weighted by Crippen LogP contribution is 2.38. The van der Waals surface area contributed by atoms with E-state index in [-0.39, 0.29) is 5.91 Å².